The smallest absolute Gasteiger partial charge is 0.273 e. The highest BCUT2D eigenvalue weighted by atomic mass is 79.9. The van der Waals surface area contributed by atoms with Crippen LogP contribution in [0.5, 0.6) is 0 Å². The largest absolute Gasteiger partial charge is 0.383 e. The fourth-order valence-electron chi connectivity index (χ4n) is 2.31. The Hall–Kier alpha value is -1.15. The van der Waals surface area contributed by atoms with Gasteiger partial charge in [0.1, 0.15) is 0 Å². The second-order valence-electron chi connectivity index (χ2n) is 4.89. The zero-order valence-electron chi connectivity index (χ0n) is 10.9. The molecule has 0 saturated carbocycles. The van der Waals surface area contributed by atoms with Crippen LogP contribution in [0.25, 0.3) is 0 Å². The fraction of sp³-hybridized carbons (Fsp3) is 0.500. The number of halogens is 1. The zero-order valence-corrected chi connectivity index (χ0v) is 13.3. The van der Waals surface area contributed by atoms with Crippen LogP contribution in [0.1, 0.15) is 18.4 Å². The van der Waals surface area contributed by atoms with Crippen molar-refractivity contribution >= 4 is 37.1 Å². The van der Waals surface area contributed by atoms with Crippen LogP contribution in [0, 0.1) is 17.0 Å². The molecule has 1 saturated heterocycles. The molecule has 1 unspecified atom stereocenters. The molecule has 0 radical (unpaired) electrons. The standard InChI is InChI=1S/C12H15BrN2O4S/c1-8-5-11(10(13)6-12(8)15(16)17)14-7-9-3-2-4-20(9,18)19/h5-6,9,14H,2-4,7H2,1H3. The van der Waals surface area contributed by atoms with Gasteiger partial charge < -0.3 is 5.32 Å². The molecule has 2 rings (SSSR count). The lowest BCUT2D eigenvalue weighted by molar-refractivity contribution is -0.385. The first-order valence-corrected chi connectivity index (χ1v) is 8.72. The van der Waals surface area contributed by atoms with Crippen LogP contribution in [0.3, 0.4) is 0 Å². The molecule has 6 nitrogen and oxygen atoms in total. The summed E-state index contributed by atoms with van der Waals surface area (Å²) in [6.07, 6.45) is 1.37. The maximum Gasteiger partial charge on any atom is 0.273 e. The number of rotatable bonds is 4. The minimum absolute atomic E-state index is 0.0379. The molecule has 1 aliphatic rings. The van der Waals surface area contributed by atoms with Gasteiger partial charge in [-0.2, -0.15) is 0 Å². The molecule has 0 amide bonds. The highest BCUT2D eigenvalue weighted by Crippen LogP contribution is 2.31. The van der Waals surface area contributed by atoms with Gasteiger partial charge in [-0.1, -0.05) is 0 Å². The SMILES string of the molecule is Cc1cc(NCC2CCCS2(=O)=O)c(Br)cc1[N+](=O)[O-]. The highest BCUT2D eigenvalue weighted by molar-refractivity contribution is 9.10. The van der Waals surface area contributed by atoms with Gasteiger partial charge in [0.25, 0.3) is 5.69 Å². The van der Waals surface area contributed by atoms with Gasteiger partial charge in [0.05, 0.1) is 15.9 Å². The maximum atomic E-state index is 11.7. The average molecular weight is 363 g/mol. The Morgan fingerprint density at radius 1 is 1.50 bits per heavy atom. The van der Waals surface area contributed by atoms with E-state index in [1.807, 2.05) is 0 Å². The molecular weight excluding hydrogens is 348 g/mol. The summed E-state index contributed by atoms with van der Waals surface area (Å²) in [7, 11) is -2.99. The van der Waals surface area contributed by atoms with Crippen molar-refractivity contribution in [1.29, 1.82) is 0 Å². The number of hydrogen-bond acceptors (Lipinski definition) is 5. The van der Waals surface area contributed by atoms with Crippen molar-refractivity contribution in [2.75, 3.05) is 17.6 Å². The van der Waals surface area contributed by atoms with Gasteiger partial charge in [0.15, 0.2) is 9.84 Å². The highest BCUT2D eigenvalue weighted by Gasteiger charge is 2.31. The van der Waals surface area contributed by atoms with E-state index in [4.69, 9.17) is 0 Å². The van der Waals surface area contributed by atoms with Gasteiger partial charge in [-0.15, -0.1) is 0 Å². The summed E-state index contributed by atoms with van der Waals surface area (Å²) in [5.41, 5.74) is 1.25. The second kappa shape index (κ2) is 5.69. The predicted molar refractivity (Wildman–Crippen MR) is 80.8 cm³/mol. The van der Waals surface area contributed by atoms with Crippen molar-refractivity contribution in [2.45, 2.75) is 25.0 Å². The maximum absolute atomic E-state index is 11.7. The van der Waals surface area contributed by atoms with E-state index in [9.17, 15) is 18.5 Å². The van der Waals surface area contributed by atoms with E-state index in [0.717, 1.165) is 0 Å². The second-order valence-corrected chi connectivity index (χ2v) is 8.14. The lowest BCUT2D eigenvalue weighted by Gasteiger charge is -2.13. The minimum Gasteiger partial charge on any atom is -0.383 e. The molecule has 1 aromatic rings. The number of hydrogen-bond donors (Lipinski definition) is 1. The molecule has 1 atom stereocenters. The summed E-state index contributed by atoms with van der Waals surface area (Å²) in [6, 6.07) is 3.09. The number of nitro benzene ring substituents is 1. The first kappa shape index (κ1) is 15.2. The summed E-state index contributed by atoms with van der Waals surface area (Å²) in [5.74, 6) is 0.250. The van der Waals surface area contributed by atoms with Gasteiger partial charge in [0.2, 0.25) is 0 Å². The quantitative estimate of drug-likeness (QED) is 0.656. The van der Waals surface area contributed by atoms with Crippen molar-refractivity contribution in [2.24, 2.45) is 0 Å². The third-order valence-corrected chi connectivity index (χ3v) is 6.40. The van der Waals surface area contributed by atoms with Crippen LogP contribution >= 0.6 is 15.9 Å². The van der Waals surface area contributed by atoms with Crippen LogP contribution in [-0.2, 0) is 9.84 Å². The molecule has 1 aromatic carbocycles. The molecule has 20 heavy (non-hydrogen) atoms. The van der Waals surface area contributed by atoms with Gasteiger partial charge in [0, 0.05) is 28.3 Å². The van der Waals surface area contributed by atoms with Gasteiger partial charge in [-0.05, 0) is 41.8 Å². The fourth-order valence-corrected chi connectivity index (χ4v) is 4.55. The number of nitrogens with one attached hydrogen (secondary N) is 1. The van der Waals surface area contributed by atoms with E-state index >= 15 is 0 Å². The number of anilines is 1. The lowest BCUT2D eigenvalue weighted by atomic mass is 10.1. The minimum atomic E-state index is -2.99. The monoisotopic (exact) mass is 362 g/mol. The van der Waals surface area contributed by atoms with Crippen LogP contribution < -0.4 is 5.32 Å². The normalized spacial score (nSPS) is 20.8. The van der Waals surface area contributed by atoms with E-state index in [1.54, 1.807) is 13.0 Å². The van der Waals surface area contributed by atoms with E-state index in [-0.39, 0.29) is 16.7 Å². The number of sulfone groups is 1. The number of nitrogens with zero attached hydrogens (tertiary/aromatic N) is 1. The van der Waals surface area contributed by atoms with Crippen molar-refractivity contribution in [1.82, 2.24) is 0 Å². The van der Waals surface area contributed by atoms with Crippen molar-refractivity contribution < 1.29 is 13.3 Å². The van der Waals surface area contributed by atoms with Crippen molar-refractivity contribution in [3.63, 3.8) is 0 Å². The topological polar surface area (TPSA) is 89.3 Å². The van der Waals surface area contributed by atoms with Gasteiger partial charge in [-0.3, -0.25) is 10.1 Å². The summed E-state index contributed by atoms with van der Waals surface area (Å²) < 4.78 is 24.0. The summed E-state index contributed by atoms with van der Waals surface area (Å²) in [4.78, 5) is 10.4. The predicted octanol–water partition coefficient (Wildman–Crippen LogP) is 2.65. The van der Waals surface area contributed by atoms with E-state index < -0.39 is 14.8 Å². The third-order valence-electron chi connectivity index (χ3n) is 3.47. The zero-order chi connectivity index (χ0) is 14.9. The number of nitro groups is 1. The Morgan fingerprint density at radius 3 is 2.75 bits per heavy atom. The molecule has 110 valence electrons. The molecule has 0 aliphatic carbocycles. The number of aryl methyl sites for hydroxylation is 1. The summed E-state index contributed by atoms with van der Waals surface area (Å²) >= 11 is 3.27. The molecule has 1 N–H and O–H groups in total. The first-order chi connectivity index (χ1) is 9.31. The molecular formula is C12H15BrN2O4S. The Balaban J connectivity index is 2.15. The van der Waals surface area contributed by atoms with Crippen LogP contribution in [0.2, 0.25) is 0 Å². The van der Waals surface area contributed by atoms with Crippen LogP contribution in [0.4, 0.5) is 11.4 Å². The van der Waals surface area contributed by atoms with Crippen molar-refractivity contribution in [3.05, 3.63) is 32.3 Å². The van der Waals surface area contributed by atoms with E-state index in [2.05, 4.69) is 21.2 Å². The molecule has 0 spiro atoms. The van der Waals surface area contributed by atoms with Gasteiger partial charge >= 0.3 is 0 Å². The Bertz CT molecular complexity index is 645. The van der Waals surface area contributed by atoms with Crippen LogP contribution in [-0.4, -0.2) is 30.9 Å². The molecule has 1 heterocycles. The van der Waals surface area contributed by atoms with Gasteiger partial charge in [-0.25, -0.2) is 8.42 Å². The third kappa shape index (κ3) is 3.12. The average Bonchev–Trinajstić information content (AvgIpc) is 2.68. The Labute approximate surface area is 125 Å². The Morgan fingerprint density at radius 2 is 2.20 bits per heavy atom. The molecule has 1 aliphatic heterocycles. The summed E-state index contributed by atoms with van der Waals surface area (Å²) in [5, 5.41) is 13.5. The molecule has 8 heteroatoms. The molecule has 0 bridgehead atoms. The lowest BCUT2D eigenvalue weighted by Crippen LogP contribution is -2.25. The number of benzene rings is 1. The van der Waals surface area contributed by atoms with E-state index in [1.165, 1.54) is 6.07 Å². The molecule has 1 fully saturated rings. The Kier molecular flexibility index (Phi) is 4.33. The first-order valence-electron chi connectivity index (χ1n) is 6.21. The van der Waals surface area contributed by atoms with Crippen LogP contribution in [0.15, 0.2) is 16.6 Å². The molecule has 0 aromatic heterocycles. The summed E-state index contributed by atoms with van der Waals surface area (Å²) in [6.45, 7) is 1.99. The van der Waals surface area contributed by atoms with E-state index in [0.29, 0.717) is 35.1 Å². The van der Waals surface area contributed by atoms with Crippen molar-refractivity contribution in [3.8, 4) is 0 Å².